The first-order valence-corrected chi connectivity index (χ1v) is 10.7. The van der Waals surface area contributed by atoms with Crippen LogP contribution in [0.3, 0.4) is 0 Å². The average molecular weight is 410 g/mol. The van der Waals surface area contributed by atoms with Gasteiger partial charge in [0.25, 0.3) is 0 Å². The number of likely N-dealkylation sites (tertiary alicyclic amines) is 1. The van der Waals surface area contributed by atoms with Crippen LogP contribution in [0, 0.1) is 11.7 Å². The number of benzene rings is 2. The van der Waals surface area contributed by atoms with E-state index in [4.69, 9.17) is 0 Å². The molecule has 2 N–H and O–H groups in total. The Morgan fingerprint density at radius 3 is 2.67 bits per heavy atom. The van der Waals surface area contributed by atoms with Crippen LogP contribution in [0.1, 0.15) is 48.8 Å². The summed E-state index contributed by atoms with van der Waals surface area (Å²) >= 11 is 0. The van der Waals surface area contributed by atoms with Crippen LogP contribution >= 0.6 is 0 Å². The number of hydrogen-bond donors (Lipinski definition) is 2. The van der Waals surface area contributed by atoms with Gasteiger partial charge in [-0.3, -0.25) is 14.5 Å². The Balaban J connectivity index is 1.43. The van der Waals surface area contributed by atoms with Crippen LogP contribution in [0.25, 0.3) is 0 Å². The minimum Gasteiger partial charge on any atom is -0.351 e. The molecule has 0 radical (unpaired) electrons. The highest BCUT2D eigenvalue weighted by Gasteiger charge is 2.31. The van der Waals surface area contributed by atoms with E-state index in [1.54, 1.807) is 6.07 Å². The summed E-state index contributed by atoms with van der Waals surface area (Å²) in [6, 6.07) is 12.3. The number of fused-ring (bicyclic) bond motifs is 1. The molecule has 5 nitrogen and oxygen atoms in total. The highest BCUT2D eigenvalue weighted by molar-refractivity contribution is 6.01. The second-order valence-corrected chi connectivity index (χ2v) is 8.48. The third-order valence-corrected chi connectivity index (χ3v) is 6.21. The first-order valence-electron chi connectivity index (χ1n) is 10.7. The molecule has 2 aliphatic heterocycles. The van der Waals surface area contributed by atoms with E-state index in [0.717, 1.165) is 31.1 Å². The Kier molecular flexibility index (Phi) is 6.13. The fraction of sp³-hybridized carbons (Fsp3) is 0.417. The first kappa shape index (κ1) is 20.5. The van der Waals surface area contributed by atoms with E-state index >= 15 is 0 Å². The molecular formula is C24H28FN3O2. The maximum Gasteiger partial charge on any atom is 0.228 e. The van der Waals surface area contributed by atoms with Gasteiger partial charge in [0, 0.05) is 25.2 Å². The van der Waals surface area contributed by atoms with Gasteiger partial charge in [-0.15, -0.1) is 0 Å². The summed E-state index contributed by atoms with van der Waals surface area (Å²) in [7, 11) is 0. The van der Waals surface area contributed by atoms with E-state index in [1.165, 1.54) is 30.5 Å². The summed E-state index contributed by atoms with van der Waals surface area (Å²) in [6.45, 7) is 5.80. The summed E-state index contributed by atoms with van der Waals surface area (Å²) in [5, 5.41) is 5.65. The van der Waals surface area contributed by atoms with Gasteiger partial charge in [-0.2, -0.15) is 0 Å². The van der Waals surface area contributed by atoms with Crippen LogP contribution in [-0.4, -0.2) is 29.8 Å². The molecule has 1 unspecified atom stereocenters. The van der Waals surface area contributed by atoms with E-state index in [2.05, 4.69) is 28.5 Å². The molecule has 1 atom stereocenters. The van der Waals surface area contributed by atoms with Crippen molar-refractivity contribution in [3.05, 3.63) is 65.0 Å². The molecule has 6 heteroatoms. The van der Waals surface area contributed by atoms with Gasteiger partial charge in [-0.25, -0.2) is 4.39 Å². The van der Waals surface area contributed by atoms with Crippen molar-refractivity contribution in [3.8, 4) is 0 Å². The Morgan fingerprint density at radius 2 is 1.90 bits per heavy atom. The van der Waals surface area contributed by atoms with E-state index in [9.17, 15) is 14.0 Å². The number of halogens is 1. The van der Waals surface area contributed by atoms with Crippen molar-refractivity contribution in [1.82, 2.24) is 10.2 Å². The summed E-state index contributed by atoms with van der Waals surface area (Å²) in [5.41, 5.74) is 3.34. The maximum absolute atomic E-state index is 13.5. The Bertz CT molecular complexity index is 938. The summed E-state index contributed by atoms with van der Waals surface area (Å²) in [6.07, 6.45) is 2.52. The molecule has 1 fully saturated rings. The predicted octanol–water partition coefficient (Wildman–Crippen LogP) is 3.80. The van der Waals surface area contributed by atoms with Gasteiger partial charge in [0.1, 0.15) is 5.82 Å². The van der Waals surface area contributed by atoms with E-state index in [-0.39, 0.29) is 18.2 Å². The Hall–Kier alpha value is -2.73. The fourth-order valence-corrected chi connectivity index (χ4v) is 4.32. The highest BCUT2D eigenvalue weighted by Crippen LogP contribution is 2.33. The number of hydrogen-bond acceptors (Lipinski definition) is 3. The van der Waals surface area contributed by atoms with Gasteiger partial charge in [-0.1, -0.05) is 37.3 Å². The lowest BCUT2D eigenvalue weighted by Gasteiger charge is -2.30. The third kappa shape index (κ3) is 4.70. The normalized spacial score (nSPS) is 19.8. The third-order valence-electron chi connectivity index (χ3n) is 6.21. The van der Waals surface area contributed by atoms with Crippen molar-refractivity contribution < 1.29 is 14.0 Å². The number of rotatable bonds is 5. The smallest absolute Gasteiger partial charge is 0.228 e. The lowest BCUT2D eigenvalue weighted by molar-refractivity contribution is -0.126. The number of amides is 2. The summed E-state index contributed by atoms with van der Waals surface area (Å²) in [4.78, 5) is 27.4. The molecule has 2 heterocycles. The zero-order valence-electron chi connectivity index (χ0n) is 17.3. The van der Waals surface area contributed by atoms with Gasteiger partial charge in [-0.05, 0) is 60.7 Å². The van der Waals surface area contributed by atoms with Crippen LogP contribution in [0.4, 0.5) is 10.1 Å². The molecule has 0 spiro atoms. The first-order chi connectivity index (χ1) is 14.5. The number of nitrogens with zero attached hydrogens (tertiary/aromatic N) is 1. The quantitative estimate of drug-likeness (QED) is 0.790. The summed E-state index contributed by atoms with van der Waals surface area (Å²) in [5.74, 6) is -0.728. The molecule has 2 aromatic carbocycles. The number of carbonyl (C=O) groups is 2. The van der Waals surface area contributed by atoms with E-state index in [0.29, 0.717) is 17.8 Å². The number of piperidine rings is 1. The topological polar surface area (TPSA) is 61.4 Å². The molecular weight excluding hydrogens is 381 g/mol. The number of carbonyl (C=O) groups excluding carboxylic acids is 2. The van der Waals surface area contributed by atoms with Gasteiger partial charge >= 0.3 is 0 Å². The molecule has 2 aromatic rings. The molecule has 158 valence electrons. The molecule has 0 saturated carbocycles. The SMILES string of the molecule is CC1CCN(Cc2ccccc2CNC(=O)C2CC(=O)Nc3cc(F)ccc32)CC1. The molecule has 1 saturated heterocycles. The second-order valence-electron chi connectivity index (χ2n) is 8.48. The highest BCUT2D eigenvalue weighted by atomic mass is 19.1. The van der Waals surface area contributed by atoms with Crippen LogP contribution in [0.5, 0.6) is 0 Å². The maximum atomic E-state index is 13.5. The Labute approximate surface area is 176 Å². The molecule has 30 heavy (non-hydrogen) atoms. The zero-order chi connectivity index (χ0) is 21.1. The molecule has 4 rings (SSSR count). The van der Waals surface area contributed by atoms with Crippen molar-refractivity contribution in [3.63, 3.8) is 0 Å². The minimum absolute atomic E-state index is 0.0675. The molecule has 0 aliphatic carbocycles. The van der Waals surface area contributed by atoms with Crippen LogP contribution in [-0.2, 0) is 22.7 Å². The van der Waals surface area contributed by atoms with Crippen LogP contribution in [0.2, 0.25) is 0 Å². The van der Waals surface area contributed by atoms with Crippen molar-refractivity contribution in [1.29, 1.82) is 0 Å². The summed E-state index contributed by atoms with van der Waals surface area (Å²) < 4.78 is 13.5. The van der Waals surface area contributed by atoms with Gasteiger partial charge in [0.15, 0.2) is 0 Å². The van der Waals surface area contributed by atoms with Crippen molar-refractivity contribution in [2.45, 2.75) is 45.2 Å². The standard InChI is InChI=1S/C24H28FN3O2/c1-16-8-10-28(11-9-16)15-18-5-3-2-4-17(18)14-26-24(30)21-13-23(29)27-22-12-19(25)6-7-20(21)22/h2-7,12,16,21H,8-11,13-15H2,1H3,(H,26,30)(H,27,29). The van der Waals surface area contributed by atoms with Crippen molar-refractivity contribution >= 4 is 17.5 Å². The van der Waals surface area contributed by atoms with Crippen molar-refractivity contribution in [2.75, 3.05) is 18.4 Å². The number of nitrogens with one attached hydrogen (secondary N) is 2. The lowest BCUT2D eigenvalue weighted by atomic mass is 9.89. The lowest BCUT2D eigenvalue weighted by Crippen LogP contribution is -2.35. The van der Waals surface area contributed by atoms with E-state index in [1.807, 2.05) is 18.2 Å². The van der Waals surface area contributed by atoms with Crippen LogP contribution < -0.4 is 10.6 Å². The Morgan fingerprint density at radius 1 is 1.17 bits per heavy atom. The zero-order valence-corrected chi connectivity index (χ0v) is 17.3. The van der Waals surface area contributed by atoms with Crippen molar-refractivity contribution in [2.24, 2.45) is 5.92 Å². The molecule has 0 bridgehead atoms. The second kappa shape index (κ2) is 8.96. The molecule has 2 aliphatic rings. The fourth-order valence-electron chi connectivity index (χ4n) is 4.32. The van der Waals surface area contributed by atoms with E-state index < -0.39 is 11.7 Å². The average Bonchev–Trinajstić information content (AvgIpc) is 2.73. The largest absolute Gasteiger partial charge is 0.351 e. The monoisotopic (exact) mass is 409 g/mol. The molecule has 0 aromatic heterocycles. The van der Waals surface area contributed by atoms with Gasteiger partial charge < -0.3 is 10.6 Å². The van der Waals surface area contributed by atoms with Gasteiger partial charge in [0.05, 0.1) is 5.92 Å². The number of anilines is 1. The predicted molar refractivity (Wildman–Crippen MR) is 114 cm³/mol. The van der Waals surface area contributed by atoms with Gasteiger partial charge in [0.2, 0.25) is 11.8 Å². The molecule has 2 amide bonds. The van der Waals surface area contributed by atoms with Crippen LogP contribution in [0.15, 0.2) is 42.5 Å². The minimum atomic E-state index is -0.606.